The molecule has 7 nitrogen and oxygen atoms in total. The van der Waals surface area contributed by atoms with Crippen molar-refractivity contribution in [3.8, 4) is 0 Å². The Morgan fingerprint density at radius 2 is 2.29 bits per heavy atom. The van der Waals surface area contributed by atoms with Gasteiger partial charge in [0.2, 0.25) is 5.95 Å². The molecule has 1 aromatic heterocycles. The number of hydrogen-bond acceptors (Lipinski definition) is 5. The first-order valence-corrected chi connectivity index (χ1v) is 4.91. The fourth-order valence-electron chi connectivity index (χ4n) is 1.63. The zero-order valence-electron chi connectivity index (χ0n) is 9.23. The topological polar surface area (TPSA) is 101 Å². The maximum absolute atomic E-state index is 11.5. The highest BCUT2D eigenvalue weighted by atomic mass is 35.5. The molecular formula is C9H13ClN4O3. The van der Waals surface area contributed by atoms with Gasteiger partial charge in [-0.1, -0.05) is 0 Å². The third-order valence-corrected chi connectivity index (χ3v) is 2.34. The molecule has 94 valence electrons. The van der Waals surface area contributed by atoms with Crippen LogP contribution >= 0.6 is 12.4 Å². The number of H-pyrrole nitrogens is 1. The molecule has 3 N–H and O–H groups in total. The summed E-state index contributed by atoms with van der Waals surface area (Å²) in [5.74, 6) is 0.0643. The van der Waals surface area contributed by atoms with Crippen molar-refractivity contribution in [3.05, 3.63) is 21.6 Å². The molecule has 0 saturated heterocycles. The van der Waals surface area contributed by atoms with Gasteiger partial charge in [0.15, 0.2) is 0 Å². The van der Waals surface area contributed by atoms with E-state index in [9.17, 15) is 9.59 Å². The molecule has 17 heavy (non-hydrogen) atoms. The number of fused-ring (bicyclic) bond motifs is 1. The zero-order valence-corrected chi connectivity index (χ0v) is 10.0. The van der Waals surface area contributed by atoms with Crippen molar-refractivity contribution in [3.63, 3.8) is 0 Å². The van der Waals surface area contributed by atoms with E-state index in [0.29, 0.717) is 17.9 Å². The quantitative estimate of drug-likeness (QED) is 0.753. The van der Waals surface area contributed by atoms with E-state index in [1.54, 1.807) is 6.92 Å². The van der Waals surface area contributed by atoms with E-state index in [2.05, 4.69) is 9.97 Å². The molecule has 0 bridgehead atoms. The number of carbonyl (C=O) groups is 1. The van der Waals surface area contributed by atoms with Crippen molar-refractivity contribution in [2.24, 2.45) is 0 Å². The highest BCUT2D eigenvalue weighted by molar-refractivity contribution is 5.85. The van der Waals surface area contributed by atoms with Crippen molar-refractivity contribution in [2.75, 3.05) is 12.3 Å². The molecule has 8 heteroatoms. The Labute approximate surface area is 103 Å². The van der Waals surface area contributed by atoms with Crippen molar-refractivity contribution in [1.29, 1.82) is 0 Å². The van der Waals surface area contributed by atoms with E-state index in [0.717, 1.165) is 0 Å². The standard InChI is InChI=1S/C9H12N4O3.ClH/c1-2-16-9(15)13-3-5-6(4-13)11-8(10)12-7(5)14;/h2-4H2,1H3,(H3,10,11,12,14);1H. The highest BCUT2D eigenvalue weighted by Gasteiger charge is 2.27. The number of ether oxygens (including phenoxy) is 1. The summed E-state index contributed by atoms with van der Waals surface area (Å²) in [5.41, 5.74) is 6.12. The largest absolute Gasteiger partial charge is 0.450 e. The lowest BCUT2D eigenvalue weighted by Gasteiger charge is -2.13. The average molecular weight is 261 g/mol. The first kappa shape index (κ1) is 13.3. The van der Waals surface area contributed by atoms with Crippen LogP contribution in [-0.2, 0) is 17.8 Å². The van der Waals surface area contributed by atoms with Gasteiger partial charge in [-0.25, -0.2) is 9.78 Å². The molecule has 2 heterocycles. The number of amides is 1. The molecule has 1 aromatic rings. The molecule has 1 amide bonds. The van der Waals surface area contributed by atoms with E-state index >= 15 is 0 Å². The second-order valence-electron chi connectivity index (χ2n) is 3.43. The second-order valence-corrected chi connectivity index (χ2v) is 3.43. The van der Waals surface area contributed by atoms with Gasteiger partial charge in [0, 0.05) is 0 Å². The van der Waals surface area contributed by atoms with E-state index in [1.165, 1.54) is 4.90 Å². The summed E-state index contributed by atoms with van der Waals surface area (Å²) in [7, 11) is 0. The van der Waals surface area contributed by atoms with Crippen LogP contribution in [0.15, 0.2) is 4.79 Å². The Bertz CT molecular complexity index is 488. The van der Waals surface area contributed by atoms with Crippen LogP contribution in [0, 0.1) is 0 Å². The molecule has 1 aliphatic rings. The molecule has 0 spiro atoms. The number of aromatic nitrogens is 2. The van der Waals surface area contributed by atoms with Crippen LogP contribution in [0.2, 0.25) is 0 Å². The van der Waals surface area contributed by atoms with Gasteiger partial charge in [-0.05, 0) is 6.92 Å². The number of carbonyl (C=O) groups excluding carboxylic acids is 1. The number of nitrogens with two attached hydrogens (primary N) is 1. The molecule has 0 atom stereocenters. The fourth-order valence-corrected chi connectivity index (χ4v) is 1.63. The Balaban J connectivity index is 0.00000144. The third kappa shape index (κ3) is 2.50. The number of nitrogens with one attached hydrogen (secondary N) is 1. The zero-order chi connectivity index (χ0) is 11.7. The van der Waals surface area contributed by atoms with Gasteiger partial charge in [-0.15, -0.1) is 12.4 Å². The summed E-state index contributed by atoms with van der Waals surface area (Å²) in [6.07, 6.45) is -0.446. The number of anilines is 1. The van der Waals surface area contributed by atoms with Crippen LogP contribution in [0.5, 0.6) is 0 Å². The number of rotatable bonds is 1. The van der Waals surface area contributed by atoms with Crippen LogP contribution in [-0.4, -0.2) is 27.6 Å². The summed E-state index contributed by atoms with van der Waals surface area (Å²) in [4.78, 5) is 30.7. The molecule has 2 rings (SSSR count). The fraction of sp³-hybridized carbons (Fsp3) is 0.444. The van der Waals surface area contributed by atoms with Gasteiger partial charge >= 0.3 is 6.09 Å². The summed E-state index contributed by atoms with van der Waals surface area (Å²) < 4.78 is 4.84. The Morgan fingerprint density at radius 1 is 1.59 bits per heavy atom. The normalized spacial score (nSPS) is 12.9. The van der Waals surface area contributed by atoms with Gasteiger partial charge in [-0.2, -0.15) is 0 Å². The van der Waals surface area contributed by atoms with Crippen LogP contribution in [0.3, 0.4) is 0 Å². The number of nitrogens with zero attached hydrogens (tertiary/aromatic N) is 2. The molecule has 0 saturated carbocycles. The van der Waals surface area contributed by atoms with Crippen molar-refractivity contribution in [1.82, 2.24) is 14.9 Å². The van der Waals surface area contributed by atoms with Crippen LogP contribution in [0.1, 0.15) is 18.2 Å². The van der Waals surface area contributed by atoms with E-state index in [4.69, 9.17) is 10.5 Å². The van der Waals surface area contributed by atoms with Crippen molar-refractivity contribution < 1.29 is 9.53 Å². The minimum absolute atomic E-state index is 0. The predicted molar refractivity (Wildman–Crippen MR) is 62.8 cm³/mol. The monoisotopic (exact) mass is 260 g/mol. The van der Waals surface area contributed by atoms with Gasteiger partial charge < -0.3 is 10.5 Å². The molecule has 0 aliphatic carbocycles. The minimum Gasteiger partial charge on any atom is -0.450 e. The Hall–Kier alpha value is -1.76. The number of nitrogen functional groups attached to an aromatic ring is 1. The molecule has 1 aliphatic heterocycles. The van der Waals surface area contributed by atoms with E-state index in [1.807, 2.05) is 0 Å². The molecule has 0 radical (unpaired) electrons. The number of aromatic amines is 1. The SMILES string of the molecule is CCOC(=O)N1Cc2nc(N)[nH]c(=O)c2C1.Cl. The predicted octanol–water partition coefficient (Wildman–Crippen LogP) is 0.246. The average Bonchev–Trinajstić information content (AvgIpc) is 2.62. The minimum atomic E-state index is -0.446. The van der Waals surface area contributed by atoms with Gasteiger partial charge in [0.1, 0.15) is 0 Å². The van der Waals surface area contributed by atoms with Gasteiger partial charge in [-0.3, -0.25) is 14.7 Å². The van der Waals surface area contributed by atoms with Crippen LogP contribution < -0.4 is 11.3 Å². The van der Waals surface area contributed by atoms with Crippen molar-refractivity contribution >= 4 is 24.4 Å². The van der Waals surface area contributed by atoms with Gasteiger partial charge in [0.25, 0.3) is 5.56 Å². The molecule has 0 unspecified atom stereocenters. The number of hydrogen-bond donors (Lipinski definition) is 2. The summed E-state index contributed by atoms with van der Waals surface area (Å²) >= 11 is 0. The lowest BCUT2D eigenvalue weighted by Crippen LogP contribution is -2.26. The summed E-state index contributed by atoms with van der Waals surface area (Å²) in [5, 5.41) is 0. The lowest BCUT2D eigenvalue weighted by molar-refractivity contribution is 0.106. The maximum atomic E-state index is 11.5. The Morgan fingerprint density at radius 3 is 2.94 bits per heavy atom. The van der Waals surface area contributed by atoms with E-state index in [-0.39, 0.29) is 37.0 Å². The van der Waals surface area contributed by atoms with Crippen LogP contribution in [0.4, 0.5) is 10.7 Å². The molecule has 0 aromatic carbocycles. The highest BCUT2D eigenvalue weighted by Crippen LogP contribution is 2.18. The maximum Gasteiger partial charge on any atom is 0.410 e. The first-order chi connectivity index (χ1) is 7.61. The summed E-state index contributed by atoms with van der Waals surface area (Å²) in [6.45, 7) is 2.51. The number of halogens is 1. The first-order valence-electron chi connectivity index (χ1n) is 4.91. The second kappa shape index (κ2) is 5.05. The lowest BCUT2D eigenvalue weighted by atomic mass is 10.3. The van der Waals surface area contributed by atoms with E-state index < -0.39 is 6.09 Å². The van der Waals surface area contributed by atoms with Crippen molar-refractivity contribution in [2.45, 2.75) is 20.0 Å². The third-order valence-electron chi connectivity index (χ3n) is 2.34. The van der Waals surface area contributed by atoms with Crippen LogP contribution in [0.25, 0.3) is 0 Å². The Kier molecular flexibility index (Phi) is 3.95. The molecule has 0 fully saturated rings. The van der Waals surface area contributed by atoms with Gasteiger partial charge in [0.05, 0.1) is 31.0 Å². The smallest absolute Gasteiger partial charge is 0.410 e. The molecular weight excluding hydrogens is 248 g/mol. The summed E-state index contributed by atoms with van der Waals surface area (Å²) in [6, 6.07) is 0.